The van der Waals surface area contributed by atoms with E-state index in [1.807, 2.05) is 0 Å². The molecule has 0 radical (unpaired) electrons. The lowest BCUT2D eigenvalue weighted by Gasteiger charge is -2.30. The summed E-state index contributed by atoms with van der Waals surface area (Å²) >= 11 is 0. The molecule has 0 saturated carbocycles. The third-order valence-electron chi connectivity index (χ3n) is 3.25. The van der Waals surface area contributed by atoms with Crippen LogP contribution in [0, 0.1) is 17.6 Å². The van der Waals surface area contributed by atoms with Gasteiger partial charge in [0, 0.05) is 31.1 Å². The van der Waals surface area contributed by atoms with Crippen molar-refractivity contribution >= 4 is 11.9 Å². The number of amides is 1. The van der Waals surface area contributed by atoms with Crippen molar-refractivity contribution in [2.24, 2.45) is 5.92 Å². The number of hydrogen-bond acceptors (Lipinski definition) is 2. The minimum atomic E-state index is -0.985. The zero-order valence-electron chi connectivity index (χ0n) is 10.1. The highest BCUT2D eigenvalue weighted by atomic mass is 19.1. The highest BCUT2D eigenvalue weighted by Crippen LogP contribution is 2.21. The SMILES string of the molecule is O=C(O)C1CCN(Cc2ccc(F)cc2F)C(=O)C1. The Hall–Kier alpha value is -1.98. The van der Waals surface area contributed by atoms with Crippen molar-refractivity contribution < 1.29 is 23.5 Å². The van der Waals surface area contributed by atoms with Gasteiger partial charge in [0.05, 0.1) is 5.92 Å². The van der Waals surface area contributed by atoms with Crippen LogP contribution in [0.1, 0.15) is 18.4 Å². The van der Waals surface area contributed by atoms with Crippen molar-refractivity contribution in [3.63, 3.8) is 0 Å². The average molecular weight is 269 g/mol. The lowest BCUT2D eigenvalue weighted by Crippen LogP contribution is -2.40. The highest BCUT2D eigenvalue weighted by molar-refractivity contribution is 5.83. The molecule has 1 amide bonds. The molecule has 1 saturated heterocycles. The molecule has 4 nitrogen and oxygen atoms in total. The van der Waals surface area contributed by atoms with Crippen LogP contribution in [0.15, 0.2) is 18.2 Å². The molecule has 1 unspecified atom stereocenters. The average Bonchev–Trinajstić information content (AvgIpc) is 2.34. The van der Waals surface area contributed by atoms with E-state index in [0.29, 0.717) is 6.42 Å². The fourth-order valence-corrected chi connectivity index (χ4v) is 2.11. The fourth-order valence-electron chi connectivity index (χ4n) is 2.11. The van der Waals surface area contributed by atoms with Crippen molar-refractivity contribution in [2.75, 3.05) is 6.54 Å². The van der Waals surface area contributed by atoms with Crippen molar-refractivity contribution in [3.05, 3.63) is 35.4 Å². The Balaban J connectivity index is 2.04. The number of aliphatic carboxylic acids is 1. The Bertz CT molecular complexity index is 519. The van der Waals surface area contributed by atoms with Crippen molar-refractivity contribution in [1.82, 2.24) is 4.90 Å². The maximum absolute atomic E-state index is 13.5. The topological polar surface area (TPSA) is 57.6 Å². The van der Waals surface area contributed by atoms with Crippen molar-refractivity contribution in [1.29, 1.82) is 0 Å². The second kappa shape index (κ2) is 5.34. The van der Waals surface area contributed by atoms with Gasteiger partial charge in [-0.1, -0.05) is 6.07 Å². The van der Waals surface area contributed by atoms with Gasteiger partial charge in [0.2, 0.25) is 5.91 Å². The van der Waals surface area contributed by atoms with Gasteiger partial charge in [-0.05, 0) is 12.5 Å². The molecule has 0 aliphatic carbocycles. The molecule has 102 valence electrons. The molecule has 0 spiro atoms. The Morgan fingerprint density at radius 1 is 1.42 bits per heavy atom. The quantitative estimate of drug-likeness (QED) is 0.910. The van der Waals surface area contributed by atoms with E-state index in [1.54, 1.807) is 0 Å². The number of hydrogen-bond donors (Lipinski definition) is 1. The number of likely N-dealkylation sites (tertiary alicyclic amines) is 1. The van der Waals surface area contributed by atoms with Crippen LogP contribution in [-0.4, -0.2) is 28.4 Å². The van der Waals surface area contributed by atoms with Crippen LogP contribution in [0.4, 0.5) is 8.78 Å². The summed E-state index contributed by atoms with van der Waals surface area (Å²) in [5.74, 6) is -3.34. The maximum Gasteiger partial charge on any atom is 0.307 e. The van der Waals surface area contributed by atoms with Crippen LogP contribution in [0.25, 0.3) is 0 Å². The Morgan fingerprint density at radius 2 is 2.16 bits per heavy atom. The molecule has 1 aliphatic heterocycles. The minimum absolute atomic E-state index is 0.0390. The van der Waals surface area contributed by atoms with Crippen LogP contribution in [0.2, 0.25) is 0 Å². The first-order chi connectivity index (χ1) is 8.97. The number of carboxylic acid groups (broad SMARTS) is 1. The Morgan fingerprint density at radius 3 is 2.74 bits per heavy atom. The maximum atomic E-state index is 13.5. The molecule has 1 heterocycles. The molecule has 0 bridgehead atoms. The summed E-state index contributed by atoms with van der Waals surface area (Å²) < 4.78 is 26.2. The molecule has 1 N–H and O–H groups in total. The van der Waals surface area contributed by atoms with E-state index in [9.17, 15) is 18.4 Å². The first-order valence-corrected chi connectivity index (χ1v) is 5.92. The van der Waals surface area contributed by atoms with E-state index in [2.05, 4.69) is 0 Å². The summed E-state index contributed by atoms with van der Waals surface area (Å²) in [6.45, 7) is 0.309. The molecular formula is C13H13F2NO3. The van der Waals surface area contributed by atoms with E-state index in [1.165, 1.54) is 11.0 Å². The molecule has 1 aromatic carbocycles. The summed E-state index contributed by atoms with van der Waals surface area (Å²) in [5.41, 5.74) is 0.225. The second-order valence-corrected chi connectivity index (χ2v) is 4.58. The third-order valence-corrected chi connectivity index (χ3v) is 3.25. The summed E-state index contributed by atoms with van der Waals surface area (Å²) in [5, 5.41) is 8.83. The largest absolute Gasteiger partial charge is 0.481 e. The zero-order valence-corrected chi connectivity index (χ0v) is 10.1. The lowest BCUT2D eigenvalue weighted by molar-refractivity contribution is -0.149. The van der Waals surface area contributed by atoms with E-state index in [-0.39, 0.29) is 31.0 Å². The lowest BCUT2D eigenvalue weighted by atomic mass is 9.96. The van der Waals surface area contributed by atoms with Gasteiger partial charge in [-0.2, -0.15) is 0 Å². The molecular weight excluding hydrogens is 256 g/mol. The van der Waals surface area contributed by atoms with Crippen molar-refractivity contribution in [2.45, 2.75) is 19.4 Å². The highest BCUT2D eigenvalue weighted by Gasteiger charge is 2.30. The molecule has 2 rings (SSSR count). The fraction of sp³-hybridized carbons (Fsp3) is 0.385. The molecule has 1 aromatic rings. The monoisotopic (exact) mass is 269 g/mol. The smallest absolute Gasteiger partial charge is 0.307 e. The molecule has 6 heteroatoms. The van der Waals surface area contributed by atoms with Gasteiger partial charge in [0.15, 0.2) is 0 Å². The number of benzene rings is 1. The molecule has 19 heavy (non-hydrogen) atoms. The number of piperidine rings is 1. The number of carbonyl (C=O) groups excluding carboxylic acids is 1. The zero-order chi connectivity index (χ0) is 14.0. The number of halogens is 2. The molecule has 1 fully saturated rings. The predicted molar refractivity (Wildman–Crippen MR) is 62.1 cm³/mol. The Labute approximate surface area is 108 Å². The van der Waals surface area contributed by atoms with Gasteiger partial charge < -0.3 is 10.0 Å². The molecule has 1 atom stereocenters. The molecule has 0 aromatic heterocycles. The van der Waals surface area contributed by atoms with Crippen LogP contribution in [0.3, 0.4) is 0 Å². The van der Waals surface area contributed by atoms with Gasteiger partial charge in [0.25, 0.3) is 0 Å². The van der Waals surface area contributed by atoms with Gasteiger partial charge in [-0.25, -0.2) is 8.78 Å². The standard InChI is InChI=1S/C13H13F2NO3/c14-10-2-1-9(11(15)6-10)7-16-4-3-8(13(18)19)5-12(16)17/h1-2,6,8H,3-5,7H2,(H,18,19). The predicted octanol–water partition coefficient (Wildman–Crippen LogP) is 1.79. The summed E-state index contributed by atoms with van der Waals surface area (Å²) in [4.78, 5) is 23.9. The van der Waals surface area contributed by atoms with Gasteiger partial charge >= 0.3 is 5.97 Å². The van der Waals surface area contributed by atoms with E-state index in [4.69, 9.17) is 5.11 Å². The van der Waals surface area contributed by atoms with Crippen LogP contribution < -0.4 is 0 Å². The van der Waals surface area contributed by atoms with Crippen LogP contribution in [-0.2, 0) is 16.1 Å². The summed E-state index contributed by atoms with van der Waals surface area (Å²) in [6.07, 6.45) is 0.280. The van der Waals surface area contributed by atoms with Gasteiger partial charge in [-0.3, -0.25) is 9.59 Å². The van der Waals surface area contributed by atoms with Gasteiger partial charge in [-0.15, -0.1) is 0 Å². The first kappa shape index (κ1) is 13.5. The first-order valence-electron chi connectivity index (χ1n) is 5.92. The minimum Gasteiger partial charge on any atom is -0.481 e. The van der Waals surface area contributed by atoms with E-state index >= 15 is 0 Å². The van der Waals surface area contributed by atoms with Gasteiger partial charge in [0.1, 0.15) is 11.6 Å². The van der Waals surface area contributed by atoms with E-state index < -0.39 is 23.5 Å². The van der Waals surface area contributed by atoms with Crippen molar-refractivity contribution in [3.8, 4) is 0 Å². The molecule has 1 aliphatic rings. The number of carbonyl (C=O) groups is 2. The number of carboxylic acids is 1. The Kier molecular flexibility index (Phi) is 3.78. The van der Waals surface area contributed by atoms with Crippen LogP contribution in [0.5, 0.6) is 0 Å². The summed E-state index contributed by atoms with van der Waals surface area (Å²) in [7, 11) is 0. The normalized spacial score (nSPS) is 19.6. The summed E-state index contributed by atoms with van der Waals surface area (Å²) in [6, 6.07) is 3.19. The third kappa shape index (κ3) is 3.07. The number of nitrogens with zero attached hydrogens (tertiary/aromatic N) is 1. The van der Waals surface area contributed by atoms with E-state index in [0.717, 1.165) is 12.1 Å². The van der Waals surface area contributed by atoms with Crippen LogP contribution >= 0.6 is 0 Å². The number of rotatable bonds is 3. The second-order valence-electron chi connectivity index (χ2n) is 4.58.